The molecule has 0 bridgehead atoms. The maximum Gasteiger partial charge on any atom is 0.265 e. The molecule has 1 heterocycles. The van der Waals surface area contributed by atoms with Gasteiger partial charge in [0, 0.05) is 13.0 Å². The monoisotopic (exact) mass is 226 g/mol. The van der Waals surface area contributed by atoms with Gasteiger partial charge in [0.05, 0.1) is 17.9 Å². The molecule has 2 nitrogen and oxygen atoms in total. The Morgan fingerprint density at radius 2 is 2.12 bits per heavy atom. The first-order chi connectivity index (χ1) is 7.49. The molecular formula is C12H16F2N2. The normalized spacial score (nSPS) is 19.8. The molecule has 0 aromatic heterocycles. The minimum atomic E-state index is -2.59. The summed E-state index contributed by atoms with van der Waals surface area (Å²) >= 11 is 0. The molecule has 88 valence electrons. The van der Waals surface area contributed by atoms with Gasteiger partial charge >= 0.3 is 0 Å². The number of alkyl halides is 2. The Morgan fingerprint density at radius 1 is 1.38 bits per heavy atom. The quantitative estimate of drug-likeness (QED) is 0.746. The van der Waals surface area contributed by atoms with Crippen LogP contribution in [-0.2, 0) is 0 Å². The van der Waals surface area contributed by atoms with Crippen LogP contribution in [0.25, 0.3) is 0 Å². The second kappa shape index (κ2) is 3.92. The molecule has 0 saturated carbocycles. The zero-order valence-electron chi connectivity index (χ0n) is 9.34. The highest BCUT2D eigenvalue weighted by Crippen LogP contribution is 2.33. The molecule has 1 aliphatic heterocycles. The first kappa shape index (κ1) is 11.2. The summed E-state index contributed by atoms with van der Waals surface area (Å²) < 4.78 is 26.6. The molecule has 0 spiro atoms. The fourth-order valence-corrected chi connectivity index (χ4v) is 2.11. The number of hydrogen-bond acceptors (Lipinski definition) is 2. The third-order valence-electron chi connectivity index (χ3n) is 3.03. The topological polar surface area (TPSA) is 29.3 Å². The Bertz CT molecular complexity index is 391. The lowest BCUT2D eigenvalue weighted by Gasteiger charge is -2.35. The second-order valence-corrected chi connectivity index (χ2v) is 4.39. The maximum absolute atomic E-state index is 13.3. The van der Waals surface area contributed by atoms with Crippen LogP contribution in [0.4, 0.5) is 20.2 Å². The number of para-hydroxylation sites is 1. The van der Waals surface area contributed by atoms with Crippen molar-refractivity contribution in [1.82, 2.24) is 0 Å². The zero-order chi connectivity index (χ0) is 11.8. The number of piperidine rings is 1. The molecule has 1 aromatic carbocycles. The molecular weight excluding hydrogens is 210 g/mol. The van der Waals surface area contributed by atoms with Gasteiger partial charge < -0.3 is 10.6 Å². The van der Waals surface area contributed by atoms with E-state index < -0.39 is 5.92 Å². The van der Waals surface area contributed by atoms with Gasteiger partial charge in [-0.25, -0.2) is 8.78 Å². The third-order valence-corrected chi connectivity index (χ3v) is 3.03. The number of nitrogen functional groups attached to an aromatic ring is 1. The fraction of sp³-hybridized carbons (Fsp3) is 0.500. The molecule has 0 radical (unpaired) electrons. The van der Waals surface area contributed by atoms with E-state index in [0.29, 0.717) is 18.7 Å². The lowest BCUT2D eigenvalue weighted by Crippen LogP contribution is -2.42. The standard InChI is InChI=1S/C12H16F2N2/c1-9-4-2-5-10(11(9)15)16-7-3-6-12(13,14)8-16/h2,4-5H,3,6-8,15H2,1H3. The predicted molar refractivity (Wildman–Crippen MR) is 62.0 cm³/mol. The van der Waals surface area contributed by atoms with E-state index in [1.807, 2.05) is 25.1 Å². The van der Waals surface area contributed by atoms with Crippen molar-refractivity contribution in [3.63, 3.8) is 0 Å². The molecule has 0 aliphatic carbocycles. The van der Waals surface area contributed by atoms with Gasteiger partial charge in [-0.2, -0.15) is 0 Å². The Balaban J connectivity index is 2.27. The SMILES string of the molecule is Cc1cccc(N2CCCC(F)(F)C2)c1N. The van der Waals surface area contributed by atoms with Crippen LogP contribution in [0.15, 0.2) is 18.2 Å². The van der Waals surface area contributed by atoms with Gasteiger partial charge in [0.1, 0.15) is 0 Å². The molecule has 0 unspecified atom stereocenters. The number of aryl methyl sites for hydroxylation is 1. The Hall–Kier alpha value is -1.32. The molecule has 0 amide bonds. The Morgan fingerprint density at radius 3 is 2.81 bits per heavy atom. The number of halogens is 2. The highest BCUT2D eigenvalue weighted by atomic mass is 19.3. The van der Waals surface area contributed by atoms with E-state index >= 15 is 0 Å². The van der Waals surface area contributed by atoms with Gasteiger partial charge in [0.25, 0.3) is 5.92 Å². The van der Waals surface area contributed by atoms with Gasteiger partial charge in [-0.05, 0) is 25.0 Å². The van der Waals surface area contributed by atoms with Crippen molar-refractivity contribution < 1.29 is 8.78 Å². The minimum Gasteiger partial charge on any atom is -0.397 e. The number of benzene rings is 1. The van der Waals surface area contributed by atoms with Crippen LogP contribution >= 0.6 is 0 Å². The van der Waals surface area contributed by atoms with Crippen molar-refractivity contribution in [3.8, 4) is 0 Å². The number of nitrogens with two attached hydrogens (primary N) is 1. The van der Waals surface area contributed by atoms with Crippen LogP contribution in [0, 0.1) is 6.92 Å². The fourth-order valence-electron chi connectivity index (χ4n) is 2.11. The Labute approximate surface area is 94.0 Å². The van der Waals surface area contributed by atoms with E-state index in [1.54, 1.807) is 4.90 Å². The minimum absolute atomic E-state index is 0.0186. The number of nitrogens with zero attached hydrogens (tertiary/aromatic N) is 1. The van der Waals surface area contributed by atoms with Crippen LogP contribution in [-0.4, -0.2) is 19.0 Å². The van der Waals surface area contributed by atoms with Gasteiger partial charge in [-0.15, -0.1) is 0 Å². The van der Waals surface area contributed by atoms with Crippen molar-refractivity contribution in [2.45, 2.75) is 25.7 Å². The maximum atomic E-state index is 13.3. The van der Waals surface area contributed by atoms with Crippen LogP contribution < -0.4 is 10.6 Å². The van der Waals surface area contributed by atoms with Crippen molar-refractivity contribution in [1.29, 1.82) is 0 Å². The van der Waals surface area contributed by atoms with Gasteiger partial charge in [0.2, 0.25) is 0 Å². The summed E-state index contributed by atoms with van der Waals surface area (Å²) in [6.07, 6.45) is 0.496. The lowest BCUT2D eigenvalue weighted by molar-refractivity contribution is -0.0116. The molecule has 1 saturated heterocycles. The van der Waals surface area contributed by atoms with E-state index in [1.165, 1.54) is 0 Å². The van der Waals surface area contributed by atoms with Gasteiger partial charge in [0.15, 0.2) is 0 Å². The van der Waals surface area contributed by atoms with E-state index in [2.05, 4.69) is 0 Å². The van der Waals surface area contributed by atoms with Crippen LogP contribution in [0.5, 0.6) is 0 Å². The second-order valence-electron chi connectivity index (χ2n) is 4.39. The summed E-state index contributed by atoms with van der Waals surface area (Å²) in [6, 6.07) is 5.55. The van der Waals surface area contributed by atoms with E-state index in [9.17, 15) is 8.78 Å². The molecule has 0 atom stereocenters. The highest BCUT2D eigenvalue weighted by molar-refractivity contribution is 5.71. The predicted octanol–water partition coefficient (Wildman–Crippen LogP) is 2.81. The number of anilines is 2. The van der Waals surface area contributed by atoms with Crippen LogP contribution in [0.2, 0.25) is 0 Å². The molecule has 1 aliphatic rings. The van der Waals surface area contributed by atoms with Gasteiger partial charge in [-0.1, -0.05) is 12.1 Å². The molecule has 2 N–H and O–H groups in total. The molecule has 16 heavy (non-hydrogen) atoms. The smallest absolute Gasteiger partial charge is 0.265 e. The molecule has 1 aromatic rings. The van der Waals surface area contributed by atoms with E-state index in [0.717, 1.165) is 11.3 Å². The van der Waals surface area contributed by atoms with Crippen LogP contribution in [0.1, 0.15) is 18.4 Å². The number of rotatable bonds is 1. The van der Waals surface area contributed by atoms with E-state index in [-0.39, 0.29) is 13.0 Å². The van der Waals surface area contributed by atoms with Crippen molar-refractivity contribution in [2.24, 2.45) is 0 Å². The zero-order valence-corrected chi connectivity index (χ0v) is 9.34. The summed E-state index contributed by atoms with van der Waals surface area (Å²) in [6.45, 7) is 2.32. The van der Waals surface area contributed by atoms with Crippen molar-refractivity contribution in [3.05, 3.63) is 23.8 Å². The summed E-state index contributed by atoms with van der Waals surface area (Å²) in [4.78, 5) is 1.69. The van der Waals surface area contributed by atoms with Crippen molar-refractivity contribution >= 4 is 11.4 Å². The first-order valence-corrected chi connectivity index (χ1v) is 5.47. The summed E-state index contributed by atoms with van der Waals surface area (Å²) in [5, 5.41) is 0. The molecule has 2 rings (SSSR count). The average molecular weight is 226 g/mol. The molecule has 1 fully saturated rings. The number of hydrogen-bond donors (Lipinski definition) is 1. The summed E-state index contributed by atoms with van der Waals surface area (Å²) in [5.41, 5.74) is 8.20. The highest BCUT2D eigenvalue weighted by Gasteiger charge is 2.35. The Kier molecular flexibility index (Phi) is 2.74. The average Bonchev–Trinajstić information content (AvgIpc) is 2.20. The summed E-state index contributed by atoms with van der Waals surface area (Å²) in [5.74, 6) is -2.59. The van der Waals surface area contributed by atoms with Crippen molar-refractivity contribution in [2.75, 3.05) is 23.7 Å². The summed E-state index contributed by atoms with van der Waals surface area (Å²) in [7, 11) is 0. The largest absolute Gasteiger partial charge is 0.397 e. The van der Waals surface area contributed by atoms with E-state index in [4.69, 9.17) is 5.73 Å². The molecule has 4 heteroatoms. The lowest BCUT2D eigenvalue weighted by atomic mass is 10.0. The first-order valence-electron chi connectivity index (χ1n) is 5.47. The van der Waals surface area contributed by atoms with Crippen LogP contribution in [0.3, 0.4) is 0 Å². The third kappa shape index (κ3) is 2.10. The van der Waals surface area contributed by atoms with Gasteiger partial charge in [-0.3, -0.25) is 0 Å².